The largest absolute Gasteiger partial charge is 0.507 e. The minimum absolute atomic E-state index is 0.0894. The number of H-pyrrole nitrogens is 1. The zero-order valence-corrected chi connectivity index (χ0v) is 16.3. The van der Waals surface area contributed by atoms with Crippen molar-refractivity contribution in [3.8, 4) is 0 Å². The number of nitrogens with zero attached hydrogens (tertiary/aromatic N) is 3. The van der Waals surface area contributed by atoms with Gasteiger partial charge < -0.3 is 19.9 Å². The topological polar surface area (TPSA) is 89.5 Å². The van der Waals surface area contributed by atoms with Gasteiger partial charge in [-0.2, -0.15) is 0 Å². The van der Waals surface area contributed by atoms with Gasteiger partial charge in [-0.25, -0.2) is 0 Å². The van der Waals surface area contributed by atoms with Gasteiger partial charge in [-0.15, -0.1) is 0 Å². The number of benzene rings is 1. The number of hydrogen-bond acceptors (Lipinski definition) is 5. The van der Waals surface area contributed by atoms with E-state index in [0.29, 0.717) is 24.2 Å². The van der Waals surface area contributed by atoms with Gasteiger partial charge in [-0.1, -0.05) is 24.3 Å². The Bertz CT molecular complexity index is 1100. The van der Waals surface area contributed by atoms with Crippen LogP contribution in [0.3, 0.4) is 0 Å². The third kappa shape index (κ3) is 3.30. The SMILES string of the molecule is CN(C)CCN1C(=O)C(=O)/C(=C(/O)c2c[nH]c3ccccc23)C1c1cccnc1. The Morgan fingerprint density at radius 3 is 2.72 bits per heavy atom. The van der Waals surface area contributed by atoms with E-state index >= 15 is 0 Å². The fourth-order valence-corrected chi connectivity index (χ4v) is 3.72. The lowest BCUT2D eigenvalue weighted by atomic mass is 9.96. The lowest BCUT2D eigenvalue weighted by Gasteiger charge is -2.26. The molecule has 2 N–H and O–H groups in total. The number of carbonyl (C=O) groups excluding carboxylic acids is 2. The lowest BCUT2D eigenvalue weighted by molar-refractivity contribution is -0.140. The Morgan fingerprint density at radius 1 is 1.21 bits per heavy atom. The van der Waals surface area contributed by atoms with E-state index in [2.05, 4.69) is 9.97 Å². The number of aliphatic hydroxyl groups is 1. The molecule has 0 radical (unpaired) electrons. The highest BCUT2D eigenvalue weighted by Gasteiger charge is 2.46. The van der Waals surface area contributed by atoms with E-state index < -0.39 is 17.7 Å². The molecule has 0 bridgehead atoms. The van der Waals surface area contributed by atoms with Gasteiger partial charge in [-0.05, 0) is 31.8 Å². The van der Waals surface area contributed by atoms with Crippen LogP contribution in [0.5, 0.6) is 0 Å². The zero-order valence-electron chi connectivity index (χ0n) is 16.3. The molecule has 1 saturated heterocycles. The highest BCUT2D eigenvalue weighted by Crippen LogP contribution is 2.40. The molecule has 29 heavy (non-hydrogen) atoms. The van der Waals surface area contributed by atoms with Gasteiger partial charge in [0.25, 0.3) is 11.7 Å². The number of rotatable bonds is 5. The summed E-state index contributed by atoms with van der Waals surface area (Å²) in [7, 11) is 3.81. The molecule has 1 atom stereocenters. The Balaban J connectivity index is 1.88. The van der Waals surface area contributed by atoms with Crippen molar-refractivity contribution in [1.29, 1.82) is 0 Å². The number of aromatic nitrogens is 2. The molecule has 0 spiro atoms. The number of hydrogen-bond donors (Lipinski definition) is 2. The molecular formula is C22H22N4O3. The zero-order chi connectivity index (χ0) is 20.5. The van der Waals surface area contributed by atoms with E-state index in [1.807, 2.05) is 49.3 Å². The molecule has 148 valence electrons. The first-order chi connectivity index (χ1) is 14.0. The number of ketones is 1. The van der Waals surface area contributed by atoms with Gasteiger partial charge in [0.1, 0.15) is 5.76 Å². The molecule has 4 rings (SSSR count). The maximum absolute atomic E-state index is 13.0. The predicted molar refractivity (Wildman–Crippen MR) is 110 cm³/mol. The number of pyridine rings is 1. The quantitative estimate of drug-likeness (QED) is 0.397. The monoisotopic (exact) mass is 390 g/mol. The molecule has 7 heteroatoms. The summed E-state index contributed by atoms with van der Waals surface area (Å²) in [5.41, 5.74) is 2.12. The van der Waals surface area contributed by atoms with Crippen molar-refractivity contribution in [3.05, 3.63) is 71.7 Å². The van der Waals surface area contributed by atoms with Crippen molar-refractivity contribution in [3.63, 3.8) is 0 Å². The first kappa shape index (κ1) is 18.9. The minimum Gasteiger partial charge on any atom is -0.507 e. The summed E-state index contributed by atoms with van der Waals surface area (Å²) in [5, 5.41) is 11.9. The maximum Gasteiger partial charge on any atom is 0.295 e. The van der Waals surface area contributed by atoms with Crippen LogP contribution >= 0.6 is 0 Å². The number of fused-ring (bicyclic) bond motifs is 1. The molecule has 0 aliphatic carbocycles. The van der Waals surface area contributed by atoms with E-state index in [0.717, 1.165) is 10.9 Å². The fraction of sp³-hybridized carbons (Fsp3) is 0.227. The van der Waals surface area contributed by atoms with Crippen LogP contribution in [0.15, 0.2) is 60.6 Å². The Hall–Kier alpha value is -3.45. The Morgan fingerprint density at radius 2 is 2.00 bits per heavy atom. The van der Waals surface area contributed by atoms with Crippen LogP contribution in [0, 0.1) is 0 Å². The summed E-state index contributed by atoms with van der Waals surface area (Å²) in [6.45, 7) is 0.957. The maximum atomic E-state index is 13.0. The summed E-state index contributed by atoms with van der Waals surface area (Å²) < 4.78 is 0. The van der Waals surface area contributed by atoms with Crippen LogP contribution in [0.2, 0.25) is 0 Å². The van der Waals surface area contributed by atoms with Gasteiger partial charge in [0.2, 0.25) is 0 Å². The number of likely N-dealkylation sites (tertiary alicyclic amines) is 1. The molecule has 3 heterocycles. The summed E-state index contributed by atoms with van der Waals surface area (Å²) in [6, 6.07) is 10.4. The summed E-state index contributed by atoms with van der Waals surface area (Å²) in [4.78, 5) is 36.5. The summed E-state index contributed by atoms with van der Waals surface area (Å²) in [6.07, 6.45) is 4.92. The number of amides is 1. The number of carbonyl (C=O) groups is 2. The van der Waals surface area contributed by atoms with E-state index in [9.17, 15) is 14.7 Å². The second-order valence-corrected chi connectivity index (χ2v) is 7.33. The number of aliphatic hydroxyl groups excluding tert-OH is 1. The van der Waals surface area contributed by atoms with Crippen LogP contribution in [0.25, 0.3) is 16.7 Å². The number of para-hydroxylation sites is 1. The van der Waals surface area contributed by atoms with E-state index in [4.69, 9.17) is 0 Å². The smallest absolute Gasteiger partial charge is 0.295 e. The standard InChI is InChI=1S/C22H22N4O3/c1-25(2)10-11-26-19(14-6-5-9-23-12-14)18(21(28)22(26)29)20(27)16-13-24-17-8-4-3-7-15(16)17/h3-9,12-13,19,24,27H,10-11H2,1-2H3/b20-18+. The first-order valence-electron chi connectivity index (χ1n) is 9.38. The van der Waals surface area contributed by atoms with Gasteiger partial charge in [0.05, 0.1) is 11.6 Å². The molecule has 1 aliphatic heterocycles. The van der Waals surface area contributed by atoms with Crippen LogP contribution < -0.4 is 0 Å². The average Bonchev–Trinajstić information content (AvgIpc) is 3.26. The molecule has 1 unspecified atom stereocenters. The first-order valence-corrected chi connectivity index (χ1v) is 9.38. The van der Waals surface area contributed by atoms with Crippen molar-refractivity contribution >= 4 is 28.4 Å². The predicted octanol–water partition coefficient (Wildman–Crippen LogP) is 2.55. The summed E-state index contributed by atoms with van der Waals surface area (Å²) in [5.74, 6) is -1.47. The van der Waals surface area contributed by atoms with Crippen molar-refractivity contribution in [1.82, 2.24) is 19.8 Å². The molecular weight excluding hydrogens is 368 g/mol. The molecule has 1 aliphatic rings. The Labute approximate surface area is 168 Å². The fourth-order valence-electron chi connectivity index (χ4n) is 3.72. The number of Topliss-reactive ketones (excluding diaryl/α,β-unsaturated/α-hetero) is 1. The number of likely N-dealkylation sites (N-methyl/N-ethyl adjacent to an activating group) is 1. The van der Waals surface area contributed by atoms with E-state index in [1.54, 1.807) is 24.7 Å². The van der Waals surface area contributed by atoms with Crippen LogP contribution in [0.1, 0.15) is 17.2 Å². The number of aromatic amines is 1. The molecule has 1 amide bonds. The highest BCUT2D eigenvalue weighted by molar-refractivity contribution is 6.46. The van der Waals surface area contributed by atoms with Crippen molar-refractivity contribution < 1.29 is 14.7 Å². The van der Waals surface area contributed by atoms with Crippen LogP contribution in [0.4, 0.5) is 0 Å². The van der Waals surface area contributed by atoms with E-state index in [-0.39, 0.29) is 11.3 Å². The van der Waals surface area contributed by atoms with Gasteiger partial charge in [-0.3, -0.25) is 14.6 Å². The number of nitrogens with one attached hydrogen (secondary N) is 1. The average molecular weight is 390 g/mol. The molecule has 2 aromatic heterocycles. The molecule has 3 aromatic rings. The third-order valence-corrected chi connectivity index (χ3v) is 5.17. The van der Waals surface area contributed by atoms with Gasteiger partial charge >= 0.3 is 0 Å². The Kier molecular flexibility index (Phi) is 4.90. The van der Waals surface area contributed by atoms with Gasteiger partial charge in [0.15, 0.2) is 0 Å². The minimum atomic E-state index is -0.683. The molecule has 0 saturated carbocycles. The van der Waals surface area contributed by atoms with Gasteiger partial charge in [0, 0.05) is 48.1 Å². The van der Waals surface area contributed by atoms with Crippen molar-refractivity contribution in [2.75, 3.05) is 27.2 Å². The summed E-state index contributed by atoms with van der Waals surface area (Å²) >= 11 is 0. The molecule has 7 nitrogen and oxygen atoms in total. The second-order valence-electron chi connectivity index (χ2n) is 7.33. The van der Waals surface area contributed by atoms with Crippen LogP contribution in [-0.2, 0) is 9.59 Å². The van der Waals surface area contributed by atoms with Crippen LogP contribution in [-0.4, -0.2) is 63.7 Å². The molecule has 1 aromatic carbocycles. The molecule has 1 fully saturated rings. The van der Waals surface area contributed by atoms with Crippen molar-refractivity contribution in [2.45, 2.75) is 6.04 Å². The third-order valence-electron chi connectivity index (χ3n) is 5.17. The second kappa shape index (κ2) is 7.52. The highest BCUT2D eigenvalue weighted by atomic mass is 16.3. The normalized spacial score (nSPS) is 18.9. The van der Waals surface area contributed by atoms with E-state index in [1.165, 1.54) is 4.90 Å². The van der Waals surface area contributed by atoms with Crippen molar-refractivity contribution in [2.24, 2.45) is 0 Å². The lowest BCUT2D eigenvalue weighted by Crippen LogP contribution is -2.35.